The number of nitrogens with one attached hydrogen (secondary N) is 1. The van der Waals surface area contributed by atoms with Crippen molar-refractivity contribution in [3.63, 3.8) is 0 Å². The molecule has 126 valence electrons. The van der Waals surface area contributed by atoms with Crippen LogP contribution >= 0.6 is 22.6 Å². The van der Waals surface area contributed by atoms with Crippen molar-refractivity contribution in [1.82, 2.24) is 5.43 Å². The number of carbonyl (C=O) groups excluding carboxylic acids is 1. The number of hydrazone groups is 1. The minimum atomic E-state index is -0.252. The number of nitrogens with zero attached hydrogens (tertiary/aromatic N) is 1. The van der Waals surface area contributed by atoms with Crippen LogP contribution in [0.25, 0.3) is 0 Å². The standard InChI is InChI=1S/C18H19IN2O3/c1-3-23-16-11-13(10-15(19)17(16)24-4-2)12-20-21-18(22)14-8-6-5-7-9-14/h5-12H,3-4H2,1-2H3,(H,21,22)/b20-12-. The molecule has 0 aliphatic carbocycles. The quantitative estimate of drug-likeness (QED) is 0.406. The van der Waals surface area contributed by atoms with Crippen LogP contribution in [0.5, 0.6) is 11.5 Å². The molecule has 5 nitrogen and oxygen atoms in total. The van der Waals surface area contributed by atoms with Crippen molar-refractivity contribution in [3.8, 4) is 11.5 Å². The number of hydrogen-bond acceptors (Lipinski definition) is 4. The first kappa shape index (κ1) is 18.3. The summed E-state index contributed by atoms with van der Waals surface area (Å²) in [6.07, 6.45) is 1.58. The lowest BCUT2D eigenvalue weighted by atomic mass is 10.2. The molecule has 2 aromatic carbocycles. The van der Waals surface area contributed by atoms with Crippen molar-refractivity contribution in [2.75, 3.05) is 13.2 Å². The van der Waals surface area contributed by atoms with Crippen LogP contribution in [0.2, 0.25) is 0 Å². The second kappa shape index (κ2) is 9.27. The number of hydrogen-bond donors (Lipinski definition) is 1. The fourth-order valence-electron chi connectivity index (χ4n) is 2.03. The van der Waals surface area contributed by atoms with Gasteiger partial charge in [-0.1, -0.05) is 18.2 Å². The lowest BCUT2D eigenvalue weighted by molar-refractivity contribution is 0.0955. The number of ether oxygens (including phenoxy) is 2. The molecule has 0 bridgehead atoms. The van der Waals surface area contributed by atoms with Crippen LogP contribution in [0, 0.1) is 3.57 Å². The van der Waals surface area contributed by atoms with Gasteiger partial charge in [-0.25, -0.2) is 5.43 Å². The highest BCUT2D eigenvalue weighted by atomic mass is 127. The maximum Gasteiger partial charge on any atom is 0.271 e. The van der Waals surface area contributed by atoms with Crippen molar-refractivity contribution in [2.45, 2.75) is 13.8 Å². The molecule has 0 aliphatic heterocycles. The molecule has 0 unspecified atom stereocenters. The largest absolute Gasteiger partial charge is 0.490 e. The Morgan fingerprint density at radius 2 is 1.88 bits per heavy atom. The smallest absolute Gasteiger partial charge is 0.271 e. The highest BCUT2D eigenvalue weighted by molar-refractivity contribution is 14.1. The molecule has 1 amide bonds. The van der Waals surface area contributed by atoms with Gasteiger partial charge in [-0.15, -0.1) is 0 Å². The normalized spacial score (nSPS) is 10.6. The average Bonchev–Trinajstić information content (AvgIpc) is 2.59. The third-order valence-corrected chi connectivity index (χ3v) is 3.84. The molecular weight excluding hydrogens is 419 g/mol. The van der Waals surface area contributed by atoms with Crippen LogP contribution in [0.4, 0.5) is 0 Å². The topological polar surface area (TPSA) is 59.9 Å². The van der Waals surface area contributed by atoms with Crippen molar-refractivity contribution in [1.29, 1.82) is 0 Å². The van der Waals surface area contributed by atoms with Crippen LogP contribution < -0.4 is 14.9 Å². The first-order valence-corrected chi connectivity index (χ1v) is 8.71. The molecule has 6 heteroatoms. The monoisotopic (exact) mass is 438 g/mol. The van der Waals surface area contributed by atoms with E-state index in [1.807, 2.05) is 44.2 Å². The van der Waals surface area contributed by atoms with Gasteiger partial charge in [0.05, 0.1) is 23.0 Å². The van der Waals surface area contributed by atoms with E-state index in [0.29, 0.717) is 24.5 Å². The SMILES string of the molecule is CCOc1cc(/C=N\NC(=O)c2ccccc2)cc(I)c1OCC. The summed E-state index contributed by atoms with van der Waals surface area (Å²) in [4.78, 5) is 11.9. The van der Waals surface area contributed by atoms with Gasteiger partial charge in [0.1, 0.15) is 0 Å². The molecule has 0 fully saturated rings. The highest BCUT2D eigenvalue weighted by Gasteiger charge is 2.11. The first-order chi connectivity index (χ1) is 11.7. The summed E-state index contributed by atoms with van der Waals surface area (Å²) < 4.78 is 12.2. The molecule has 0 radical (unpaired) electrons. The van der Waals surface area contributed by atoms with E-state index in [1.54, 1.807) is 18.3 Å². The molecule has 0 heterocycles. The summed E-state index contributed by atoms with van der Waals surface area (Å²) in [7, 11) is 0. The van der Waals surface area contributed by atoms with Gasteiger partial charge in [-0.3, -0.25) is 4.79 Å². The lowest BCUT2D eigenvalue weighted by Gasteiger charge is -2.13. The van der Waals surface area contributed by atoms with Gasteiger partial charge in [0.2, 0.25) is 0 Å². The molecule has 2 rings (SSSR count). The van der Waals surface area contributed by atoms with E-state index in [-0.39, 0.29) is 5.91 Å². The maximum atomic E-state index is 11.9. The zero-order chi connectivity index (χ0) is 17.4. The van der Waals surface area contributed by atoms with Gasteiger partial charge in [-0.2, -0.15) is 5.10 Å². The van der Waals surface area contributed by atoms with Crippen LogP contribution in [0.3, 0.4) is 0 Å². The summed E-state index contributed by atoms with van der Waals surface area (Å²) in [5, 5.41) is 4.01. The third kappa shape index (κ3) is 4.95. The van der Waals surface area contributed by atoms with E-state index in [0.717, 1.165) is 14.9 Å². The zero-order valence-electron chi connectivity index (χ0n) is 13.6. The fourth-order valence-corrected chi connectivity index (χ4v) is 2.81. The number of halogens is 1. The van der Waals surface area contributed by atoms with E-state index in [2.05, 4.69) is 33.1 Å². The summed E-state index contributed by atoms with van der Waals surface area (Å²) in [6.45, 7) is 4.96. The summed E-state index contributed by atoms with van der Waals surface area (Å²) in [5.41, 5.74) is 3.89. The number of amides is 1. The molecule has 0 saturated heterocycles. The summed E-state index contributed by atoms with van der Waals surface area (Å²) in [5.74, 6) is 1.14. The fraction of sp³-hybridized carbons (Fsp3) is 0.222. The zero-order valence-corrected chi connectivity index (χ0v) is 15.7. The van der Waals surface area contributed by atoms with Crippen LogP contribution in [-0.4, -0.2) is 25.3 Å². The number of rotatable bonds is 7. The molecular formula is C18H19IN2O3. The Kier molecular flexibility index (Phi) is 7.05. The highest BCUT2D eigenvalue weighted by Crippen LogP contribution is 2.33. The molecule has 0 saturated carbocycles. The number of benzene rings is 2. The van der Waals surface area contributed by atoms with Crippen LogP contribution in [-0.2, 0) is 0 Å². The Balaban J connectivity index is 2.12. The molecule has 1 N–H and O–H groups in total. The first-order valence-electron chi connectivity index (χ1n) is 7.63. The van der Waals surface area contributed by atoms with Crippen molar-refractivity contribution in [2.24, 2.45) is 5.10 Å². The van der Waals surface area contributed by atoms with E-state index >= 15 is 0 Å². The molecule has 2 aromatic rings. The van der Waals surface area contributed by atoms with Crippen molar-refractivity contribution >= 4 is 34.7 Å². The second-order valence-electron chi connectivity index (χ2n) is 4.76. The Labute approximate surface area is 155 Å². The predicted molar refractivity (Wildman–Crippen MR) is 103 cm³/mol. The average molecular weight is 438 g/mol. The maximum absolute atomic E-state index is 11.9. The van der Waals surface area contributed by atoms with Gasteiger partial charge < -0.3 is 9.47 Å². The Morgan fingerprint density at radius 3 is 2.54 bits per heavy atom. The van der Waals surface area contributed by atoms with Gasteiger partial charge in [-0.05, 0) is 66.3 Å². The molecule has 0 spiro atoms. The van der Waals surface area contributed by atoms with Crippen LogP contribution in [0.1, 0.15) is 29.8 Å². The minimum absolute atomic E-state index is 0.252. The van der Waals surface area contributed by atoms with Crippen LogP contribution in [0.15, 0.2) is 47.6 Å². The van der Waals surface area contributed by atoms with E-state index in [4.69, 9.17) is 9.47 Å². The van der Waals surface area contributed by atoms with E-state index in [1.165, 1.54) is 0 Å². The van der Waals surface area contributed by atoms with Gasteiger partial charge in [0.25, 0.3) is 5.91 Å². The van der Waals surface area contributed by atoms with Gasteiger partial charge in [0.15, 0.2) is 11.5 Å². The minimum Gasteiger partial charge on any atom is -0.490 e. The Morgan fingerprint density at radius 1 is 1.17 bits per heavy atom. The molecule has 0 aromatic heterocycles. The van der Waals surface area contributed by atoms with Gasteiger partial charge >= 0.3 is 0 Å². The third-order valence-electron chi connectivity index (χ3n) is 3.04. The molecule has 0 atom stereocenters. The lowest BCUT2D eigenvalue weighted by Crippen LogP contribution is -2.17. The summed E-state index contributed by atoms with van der Waals surface area (Å²) >= 11 is 2.20. The predicted octanol–water partition coefficient (Wildman–Crippen LogP) is 3.85. The van der Waals surface area contributed by atoms with Gasteiger partial charge in [0, 0.05) is 5.56 Å². The second-order valence-corrected chi connectivity index (χ2v) is 5.92. The summed E-state index contributed by atoms with van der Waals surface area (Å²) in [6, 6.07) is 12.7. The Bertz CT molecular complexity index is 718. The van der Waals surface area contributed by atoms with Crippen molar-refractivity contribution in [3.05, 3.63) is 57.2 Å². The van der Waals surface area contributed by atoms with Crippen molar-refractivity contribution < 1.29 is 14.3 Å². The molecule has 0 aliphatic rings. The number of carbonyl (C=O) groups is 1. The van der Waals surface area contributed by atoms with E-state index in [9.17, 15) is 4.79 Å². The van der Waals surface area contributed by atoms with E-state index < -0.39 is 0 Å². The molecule has 24 heavy (non-hydrogen) atoms. The Hall–Kier alpha value is -2.09.